The van der Waals surface area contributed by atoms with E-state index < -0.39 is 12.7 Å². The van der Waals surface area contributed by atoms with Gasteiger partial charge in [-0.2, -0.15) is 13.2 Å². The van der Waals surface area contributed by atoms with E-state index >= 15 is 0 Å². The maximum atomic E-state index is 13.5. The molecule has 3 aromatic rings. The van der Waals surface area contributed by atoms with Crippen molar-refractivity contribution in [3.05, 3.63) is 59.9 Å². The molecule has 1 unspecified atom stereocenters. The molecule has 0 fully saturated rings. The van der Waals surface area contributed by atoms with Gasteiger partial charge in [-0.3, -0.25) is 0 Å². The van der Waals surface area contributed by atoms with Crippen LogP contribution >= 0.6 is 11.8 Å². The molecule has 1 atom stereocenters. The van der Waals surface area contributed by atoms with E-state index in [0.717, 1.165) is 48.0 Å². The zero-order valence-electron chi connectivity index (χ0n) is 23.5. The molecular weight excluding hydrogens is 537 g/mol. The fourth-order valence-corrected chi connectivity index (χ4v) is 5.09. The number of thioether (sulfide) groups is 1. The Labute approximate surface area is 238 Å². The molecule has 6 nitrogen and oxygen atoms in total. The van der Waals surface area contributed by atoms with Gasteiger partial charge in [-0.15, -0.1) is 11.8 Å². The second-order valence-corrected chi connectivity index (χ2v) is 10.3. The predicted molar refractivity (Wildman–Crippen MR) is 159 cm³/mol. The van der Waals surface area contributed by atoms with E-state index in [2.05, 4.69) is 33.5 Å². The van der Waals surface area contributed by atoms with Gasteiger partial charge >= 0.3 is 6.18 Å². The Hall–Kier alpha value is -3.42. The van der Waals surface area contributed by atoms with Gasteiger partial charge < -0.3 is 29.9 Å². The third-order valence-electron chi connectivity index (χ3n) is 6.60. The summed E-state index contributed by atoms with van der Waals surface area (Å²) in [6, 6.07) is 13.2. The van der Waals surface area contributed by atoms with Crippen molar-refractivity contribution in [2.45, 2.75) is 42.9 Å². The Bertz CT molecular complexity index is 1370. The molecule has 0 radical (unpaired) electrons. The van der Waals surface area contributed by atoms with Crippen LogP contribution in [0.25, 0.3) is 10.9 Å². The van der Waals surface area contributed by atoms with Crippen molar-refractivity contribution in [2.24, 2.45) is 0 Å². The molecule has 1 aromatic heterocycles. The van der Waals surface area contributed by atoms with Crippen LogP contribution in [0.15, 0.2) is 59.1 Å². The quantitative estimate of drug-likeness (QED) is 0.213. The first-order valence-corrected chi connectivity index (χ1v) is 14.1. The van der Waals surface area contributed by atoms with Crippen LogP contribution in [0.2, 0.25) is 0 Å². The highest BCUT2D eigenvalue weighted by molar-refractivity contribution is 7.98. The number of rotatable bonds is 8. The standard InChI is InChI=1S/C29H33F3N4OS.CH4O/c1-35(2)21-12-10-20(11-13-21)34-25-8-5-9-27-24(25)17-22(36(27)19-29(30,31)32)7-6-16-33-26-15-14-23(38-4)18-28(26)37-3;1-2/h5,8-9,12,14-15,17-18,20,33-34H,10-11,13,16,19H2,1-4H3;2H,1H3. The second-order valence-electron chi connectivity index (χ2n) is 9.40. The smallest absolute Gasteiger partial charge is 0.406 e. The number of anilines is 2. The second kappa shape index (κ2) is 14.3. The van der Waals surface area contributed by atoms with Gasteiger partial charge in [0.25, 0.3) is 0 Å². The Morgan fingerprint density at radius 3 is 2.55 bits per heavy atom. The number of halogens is 3. The fraction of sp³-hybridized carbons (Fsp3) is 0.400. The zero-order chi connectivity index (χ0) is 29.3. The summed E-state index contributed by atoms with van der Waals surface area (Å²) in [5.74, 6) is 6.65. The van der Waals surface area contributed by atoms with Crippen LogP contribution < -0.4 is 15.4 Å². The van der Waals surface area contributed by atoms with Crippen molar-refractivity contribution >= 4 is 34.0 Å². The van der Waals surface area contributed by atoms with Gasteiger partial charge in [-0.1, -0.05) is 18.1 Å². The summed E-state index contributed by atoms with van der Waals surface area (Å²) in [6.45, 7) is -0.837. The van der Waals surface area contributed by atoms with Gasteiger partial charge in [0.05, 0.1) is 30.6 Å². The van der Waals surface area contributed by atoms with Crippen molar-refractivity contribution in [1.82, 2.24) is 9.47 Å². The number of hydrogen-bond acceptors (Lipinski definition) is 6. The molecule has 0 saturated heterocycles. The maximum Gasteiger partial charge on any atom is 0.406 e. The lowest BCUT2D eigenvalue weighted by Crippen LogP contribution is -2.25. The van der Waals surface area contributed by atoms with E-state index in [4.69, 9.17) is 9.84 Å². The Morgan fingerprint density at radius 1 is 1.15 bits per heavy atom. The summed E-state index contributed by atoms with van der Waals surface area (Å²) < 4.78 is 47.3. The van der Waals surface area contributed by atoms with Crippen LogP contribution in [0.1, 0.15) is 25.0 Å². The summed E-state index contributed by atoms with van der Waals surface area (Å²) in [7, 11) is 6.68. The molecule has 0 amide bonds. The minimum absolute atomic E-state index is 0.224. The first-order chi connectivity index (χ1) is 19.2. The highest BCUT2D eigenvalue weighted by Gasteiger charge is 2.30. The van der Waals surface area contributed by atoms with Gasteiger partial charge in [0.2, 0.25) is 0 Å². The fourth-order valence-electron chi connectivity index (χ4n) is 4.66. The molecule has 1 heterocycles. The van der Waals surface area contributed by atoms with Crippen LogP contribution in [0, 0.1) is 11.8 Å². The number of fused-ring (bicyclic) bond motifs is 1. The molecule has 10 heteroatoms. The van der Waals surface area contributed by atoms with E-state index in [1.807, 2.05) is 44.6 Å². The first kappa shape index (κ1) is 31.1. The molecule has 4 rings (SSSR count). The van der Waals surface area contributed by atoms with Gasteiger partial charge in [-0.25, -0.2) is 0 Å². The number of methoxy groups -OCH3 is 1. The lowest BCUT2D eigenvalue weighted by Gasteiger charge is -2.27. The monoisotopic (exact) mass is 574 g/mol. The van der Waals surface area contributed by atoms with Crippen molar-refractivity contribution in [3.8, 4) is 17.6 Å². The largest absolute Gasteiger partial charge is 0.495 e. The third kappa shape index (κ3) is 8.05. The number of allylic oxidation sites excluding steroid dienone is 1. The van der Waals surface area contributed by atoms with Crippen LogP contribution in [0.3, 0.4) is 0 Å². The van der Waals surface area contributed by atoms with Gasteiger partial charge in [0.15, 0.2) is 0 Å². The summed E-state index contributed by atoms with van der Waals surface area (Å²) in [5, 5.41) is 14.5. The maximum absolute atomic E-state index is 13.5. The van der Waals surface area contributed by atoms with E-state index in [-0.39, 0.29) is 12.6 Å². The third-order valence-corrected chi connectivity index (χ3v) is 7.32. The van der Waals surface area contributed by atoms with E-state index in [1.54, 1.807) is 37.1 Å². The van der Waals surface area contributed by atoms with Crippen molar-refractivity contribution in [3.63, 3.8) is 0 Å². The highest BCUT2D eigenvalue weighted by Crippen LogP contribution is 2.32. The Morgan fingerprint density at radius 2 is 1.93 bits per heavy atom. The molecule has 0 bridgehead atoms. The van der Waals surface area contributed by atoms with Crippen molar-refractivity contribution < 1.29 is 23.0 Å². The summed E-state index contributed by atoms with van der Waals surface area (Å²) >= 11 is 1.61. The van der Waals surface area contributed by atoms with E-state index in [1.165, 1.54) is 10.3 Å². The minimum atomic E-state index is -4.37. The number of aromatic nitrogens is 1. The highest BCUT2D eigenvalue weighted by atomic mass is 32.2. The Balaban J connectivity index is 0.00000216. The molecule has 3 N–H and O–H groups in total. The number of alkyl halides is 3. The normalized spacial score (nSPS) is 14.8. The zero-order valence-corrected chi connectivity index (χ0v) is 24.3. The molecule has 216 valence electrons. The number of aliphatic hydroxyl groups excluding tert-OH is 1. The van der Waals surface area contributed by atoms with Gasteiger partial charge in [0.1, 0.15) is 12.3 Å². The minimum Gasteiger partial charge on any atom is -0.495 e. The van der Waals surface area contributed by atoms with Gasteiger partial charge in [0, 0.05) is 48.9 Å². The average molecular weight is 575 g/mol. The van der Waals surface area contributed by atoms with Gasteiger partial charge in [-0.05, 0) is 67.8 Å². The average Bonchev–Trinajstić information content (AvgIpc) is 3.29. The van der Waals surface area contributed by atoms with Crippen LogP contribution in [0.4, 0.5) is 24.5 Å². The van der Waals surface area contributed by atoms with E-state index in [0.29, 0.717) is 17.0 Å². The van der Waals surface area contributed by atoms with Crippen LogP contribution in [0.5, 0.6) is 5.75 Å². The molecule has 40 heavy (non-hydrogen) atoms. The predicted octanol–water partition coefficient (Wildman–Crippen LogP) is 6.42. The SMILES string of the molecule is CO.COc1cc(SC)ccc1NCC#Cc1cc2c(NC3CC=C(N(C)C)CC3)cccc2n1CC(F)(F)F. The first-order valence-electron chi connectivity index (χ1n) is 12.9. The van der Waals surface area contributed by atoms with E-state index in [9.17, 15) is 13.2 Å². The number of ether oxygens (including phenoxy) is 1. The lowest BCUT2D eigenvalue weighted by molar-refractivity contribution is -0.140. The Kier molecular flexibility index (Phi) is 11.1. The number of aliphatic hydroxyl groups is 1. The molecular formula is C30H37F3N4O2S. The topological polar surface area (TPSA) is 61.7 Å². The van der Waals surface area contributed by atoms with Crippen LogP contribution in [-0.4, -0.2) is 67.9 Å². The summed E-state index contributed by atoms with van der Waals surface area (Å²) in [4.78, 5) is 3.20. The van der Waals surface area contributed by atoms with Crippen LogP contribution in [-0.2, 0) is 6.54 Å². The number of benzene rings is 2. The van der Waals surface area contributed by atoms with Crippen molar-refractivity contribution in [1.29, 1.82) is 0 Å². The molecule has 0 saturated carbocycles. The number of nitrogens with zero attached hydrogens (tertiary/aromatic N) is 2. The lowest BCUT2D eigenvalue weighted by atomic mass is 9.98. The van der Waals surface area contributed by atoms with Crippen molar-refractivity contribution in [2.75, 3.05) is 51.7 Å². The summed E-state index contributed by atoms with van der Waals surface area (Å²) in [5.41, 5.74) is 3.76. The molecule has 1 aliphatic carbocycles. The molecule has 1 aliphatic rings. The molecule has 0 spiro atoms. The molecule has 0 aliphatic heterocycles. The number of nitrogens with one attached hydrogen (secondary N) is 2. The summed E-state index contributed by atoms with van der Waals surface area (Å²) in [6.07, 6.45) is 2.64. The molecule has 2 aromatic carbocycles. The number of hydrogen-bond donors (Lipinski definition) is 3.